The van der Waals surface area contributed by atoms with Gasteiger partial charge in [-0.1, -0.05) is 25.8 Å². The van der Waals surface area contributed by atoms with Crippen molar-refractivity contribution in [3.63, 3.8) is 0 Å². The van der Waals surface area contributed by atoms with E-state index in [1.54, 1.807) is 6.07 Å². The Kier molecular flexibility index (Phi) is 4.00. The normalized spacial score (nSPS) is 19.1. The van der Waals surface area contributed by atoms with Crippen LogP contribution < -0.4 is 11.3 Å². The molecule has 1 aromatic rings. The zero-order valence-corrected chi connectivity index (χ0v) is 10.6. The molecule has 1 aromatic heterocycles. The highest BCUT2D eigenvalue weighted by atomic mass is 16.1. The summed E-state index contributed by atoms with van der Waals surface area (Å²) < 4.78 is 1.95. The van der Waals surface area contributed by atoms with Crippen molar-refractivity contribution in [2.45, 2.75) is 58.0 Å². The Morgan fingerprint density at radius 1 is 1.41 bits per heavy atom. The van der Waals surface area contributed by atoms with Crippen molar-refractivity contribution in [3.05, 3.63) is 33.7 Å². The quantitative estimate of drug-likeness (QED) is 0.813. The molecule has 0 aliphatic heterocycles. The molecule has 1 aliphatic carbocycles. The predicted octanol–water partition coefficient (Wildman–Crippen LogP) is 2.37. The third kappa shape index (κ3) is 2.60. The lowest BCUT2D eigenvalue weighted by atomic mass is 9.91. The lowest BCUT2D eigenvalue weighted by molar-refractivity contribution is 0.502. The van der Waals surface area contributed by atoms with Gasteiger partial charge in [0.25, 0.3) is 5.56 Å². The van der Waals surface area contributed by atoms with E-state index in [2.05, 4.69) is 6.92 Å². The van der Waals surface area contributed by atoms with Crippen molar-refractivity contribution in [2.24, 2.45) is 5.73 Å². The summed E-state index contributed by atoms with van der Waals surface area (Å²) >= 11 is 0. The number of rotatable bonds is 4. The molecular formula is C14H22N2O. The fraction of sp³-hybridized carbons (Fsp3) is 0.643. The minimum atomic E-state index is 0.122. The summed E-state index contributed by atoms with van der Waals surface area (Å²) in [6.07, 6.45) is 6.60. The highest BCUT2D eigenvalue weighted by Gasteiger charge is 2.19. The molecule has 1 unspecified atom stereocenters. The minimum absolute atomic E-state index is 0.122. The van der Waals surface area contributed by atoms with Crippen LogP contribution in [0.4, 0.5) is 0 Å². The van der Waals surface area contributed by atoms with E-state index in [1.807, 2.05) is 10.6 Å². The molecule has 3 nitrogen and oxygen atoms in total. The molecule has 2 rings (SSSR count). The molecule has 1 atom stereocenters. The number of nitrogens with two attached hydrogens (primary N) is 1. The van der Waals surface area contributed by atoms with Crippen LogP contribution >= 0.6 is 0 Å². The Morgan fingerprint density at radius 3 is 3.00 bits per heavy atom. The van der Waals surface area contributed by atoms with Crippen LogP contribution in [0.3, 0.4) is 0 Å². The van der Waals surface area contributed by atoms with Crippen LogP contribution in [0.5, 0.6) is 0 Å². The summed E-state index contributed by atoms with van der Waals surface area (Å²) in [5, 5.41) is 0. The number of nitrogens with zero attached hydrogens (tertiary/aromatic N) is 1. The Morgan fingerprint density at radius 2 is 2.24 bits per heavy atom. The van der Waals surface area contributed by atoms with Crippen molar-refractivity contribution >= 4 is 0 Å². The van der Waals surface area contributed by atoms with Crippen molar-refractivity contribution < 1.29 is 0 Å². The van der Waals surface area contributed by atoms with E-state index in [1.165, 1.54) is 24.1 Å². The first-order valence-corrected chi connectivity index (χ1v) is 6.72. The highest BCUT2D eigenvalue weighted by Crippen LogP contribution is 2.26. The molecule has 2 N–H and O–H groups in total. The Labute approximate surface area is 103 Å². The summed E-state index contributed by atoms with van der Waals surface area (Å²) in [7, 11) is 0. The number of hydrogen-bond donors (Lipinski definition) is 1. The molecule has 1 heterocycles. The second-order valence-electron chi connectivity index (χ2n) is 4.93. The molecule has 0 spiro atoms. The van der Waals surface area contributed by atoms with Gasteiger partial charge < -0.3 is 10.3 Å². The average Bonchev–Trinajstić information content (AvgIpc) is 2.32. The first-order chi connectivity index (χ1) is 8.24. The monoisotopic (exact) mass is 234 g/mol. The molecule has 3 heteroatoms. The minimum Gasteiger partial charge on any atom is -0.324 e. The van der Waals surface area contributed by atoms with Crippen LogP contribution in [0.15, 0.2) is 16.9 Å². The van der Waals surface area contributed by atoms with Crippen LogP contribution in [-0.4, -0.2) is 4.57 Å². The fourth-order valence-corrected chi connectivity index (χ4v) is 2.66. The number of hydrogen-bond acceptors (Lipinski definition) is 2. The largest absolute Gasteiger partial charge is 0.324 e. The number of unbranched alkanes of at least 4 members (excludes halogenated alkanes) is 2. The van der Waals surface area contributed by atoms with E-state index in [-0.39, 0.29) is 11.6 Å². The second kappa shape index (κ2) is 5.50. The summed E-state index contributed by atoms with van der Waals surface area (Å²) in [5.74, 6) is 0. The Balaban J connectivity index is 2.29. The maximum Gasteiger partial charge on any atom is 0.250 e. The highest BCUT2D eigenvalue weighted by molar-refractivity contribution is 5.27. The van der Waals surface area contributed by atoms with Gasteiger partial charge in [0.05, 0.1) is 0 Å². The molecule has 94 valence electrons. The van der Waals surface area contributed by atoms with Crippen LogP contribution in [0.1, 0.15) is 56.3 Å². The maximum atomic E-state index is 11.9. The van der Waals surface area contributed by atoms with Crippen LogP contribution in [0.2, 0.25) is 0 Å². The molecule has 17 heavy (non-hydrogen) atoms. The molecule has 0 saturated heterocycles. The van der Waals surface area contributed by atoms with Gasteiger partial charge in [-0.25, -0.2) is 0 Å². The summed E-state index contributed by atoms with van der Waals surface area (Å²) in [6.45, 7) is 3.03. The van der Waals surface area contributed by atoms with Gasteiger partial charge in [0.1, 0.15) is 0 Å². The van der Waals surface area contributed by atoms with E-state index >= 15 is 0 Å². The third-order valence-electron chi connectivity index (χ3n) is 3.64. The smallest absolute Gasteiger partial charge is 0.250 e. The molecular weight excluding hydrogens is 212 g/mol. The number of pyridine rings is 1. The van der Waals surface area contributed by atoms with Crippen molar-refractivity contribution in [1.82, 2.24) is 4.57 Å². The zero-order valence-electron chi connectivity index (χ0n) is 10.6. The third-order valence-corrected chi connectivity index (χ3v) is 3.64. The molecule has 0 amide bonds. The Hall–Kier alpha value is -1.09. The first kappa shape index (κ1) is 12.4. The molecule has 0 fully saturated rings. The molecule has 0 radical (unpaired) electrons. The number of aromatic nitrogens is 1. The van der Waals surface area contributed by atoms with E-state index in [4.69, 9.17) is 5.73 Å². The van der Waals surface area contributed by atoms with Crippen molar-refractivity contribution in [3.8, 4) is 0 Å². The van der Waals surface area contributed by atoms with Gasteiger partial charge in [-0.15, -0.1) is 0 Å². The Bertz CT molecular complexity index is 436. The van der Waals surface area contributed by atoms with E-state index in [0.717, 1.165) is 32.2 Å². The van der Waals surface area contributed by atoms with Crippen LogP contribution in [0, 0.1) is 0 Å². The van der Waals surface area contributed by atoms with Gasteiger partial charge >= 0.3 is 0 Å². The van der Waals surface area contributed by atoms with Gasteiger partial charge in [0.2, 0.25) is 0 Å². The van der Waals surface area contributed by atoms with Gasteiger partial charge in [0, 0.05) is 24.3 Å². The molecule has 0 bridgehead atoms. The topological polar surface area (TPSA) is 48.0 Å². The van der Waals surface area contributed by atoms with E-state index < -0.39 is 0 Å². The average molecular weight is 234 g/mol. The van der Waals surface area contributed by atoms with Gasteiger partial charge in [-0.2, -0.15) is 0 Å². The summed E-state index contributed by atoms with van der Waals surface area (Å²) in [4.78, 5) is 11.9. The second-order valence-corrected chi connectivity index (χ2v) is 4.93. The molecule has 0 saturated carbocycles. The summed E-state index contributed by atoms with van der Waals surface area (Å²) in [5.41, 5.74) is 8.61. The van der Waals surface area contributed by atoms with Crippen LogP contribution in [0.25, 0.3) is 0 Å². The van der Waals surface area contributed by atoms with Crippen LogP contribution in [-0.2, 0) is 13.0 Å². The molecule has 0 aromatic carbocycles. The lowest BCUT2D eigenvalue weighted by Crippen LogP contribution is -2.29. The van der Waals surface area contributed by atoms with E-state index in [0.29, 0.717) is 0 Å². The summed E-state index contributed by atoms with van der Waals surface area (Å²) in [6, 6.07) is 3.73. The van der Waals surface area contributed by atoms with Gasteiger partial charge in [-0.3, -0.25) is 4.79 Å². The van der Waals surface area contributed by atoms with Gasteiger partial charge in [0.15, 0.2) is 0 Å². The zero-order chi connectivity index (χ0) is 12.3. The number of fused-ring (bicyclic) bond motifs is 1. The lowest BCUT2D eigenvalue weighted by Gasteiger charge is -2.25. The maximum absolute atomic E-state index is 11.9. The predicted molar refractivity (Wildman–Crippen MR) is 70.1 cm³/mol. The van der Waals surface area contributed by atoms with Gasteiger partial charge in [-0.05, 0) is 31.2 Å². The SMILES string of the molecule is CCCCCn1c2c(ccc1=O)C(N)CCC2. The van der Waals surface area contributed by atoms with Crippen molar-refractivity contribution in [2.75, 3.05) is 0 Å². The van der Waals surface area contributed by atoms with E-state index in [9.17, 15) is 4.79 Å². The molecule has 1 aliphatic rings. The standard InChI is InChI=1S/C14H22N2O/c1-2-3-4-10-16-13-7-5-6-12(15)11(13)8-9-14(16)17/h8-9,12H,2-7,10,15H2,1H3. The first-order valence-electron chi connectivity index (χ1n) is 6.72. The fourth-order valence-electron chi connectivity index (χ4n) is 2.66. The van der Waals surface area contributed by atoms with Crippen molar-refractivity contribution in [1.29, 1.82) is 0 Å².